The molecule has 0 bridgehead atoms. The van der Waals surface area contributed by atoms with E-state index in [1.807, 2.05) is 37.3 Å². The van der Waals surface area contributed by atoms with Crippen molar-refractivity contribution in [2.45, 2.75) is 11.8 Å². The molecule has 0 radical (unpaired) electrons. The monoisotopic (exact) mass is 480 g/mol. The molecule has 0 aliphatic rings. The number of carbonyl (C=O) groups is 1. The maximum Gasteiger partial charge on any atom is 0.276 e. The van der Waals surface area contributed by atoms with Crippen molar-refractivity contribution >= 4 is 27.3 Å². The number of anilines is 2. The Hall–Kier alpha value is -4.18. The molecule has 174 valence electrons. The number of amides is 1. The fourth-order valence-corrected chi connectivity index (χ4v) is 4.36. The Morgan fingerprint density at radius 3 is 2.38 bits per heavy atom. The molecule has 10 heteroatoms. The van der Waals surface area contributed by atoms with Gasteiger partial charge in [-0.3, -0.25) is 9.52 Å². The van der Waals surface area contributed by atoms with Gasteiger partial charge in [0.15, 0.2) is 5.69 Å². The van der Waals surface area contributed by atoms with E-state index in [-0.39, 0.29) is 22.0 Å². The highest BCUT2D eigenvalue weighted by Crippen LogP contribution is 2.30. The maximum atomic E-state index is 13.2. The Labute approximate surface area is 196 Å². The van der Waals surface area contributed by atoms with Gasteiger partial charge in [0.25, 0.3) is 15.9 Å². The molecule has 3 aromatic carbocycles. The number of nitrogens with one attached hydrogen (secondary N) is 2. The van der Waals surface area contributed by atoms with Crippen LogP contribution < -0.4 is 14.8 Å². The van der Waals surface area contributed by atoms with Gasteiger partial charge in [-0.15, -0.1) is 0 Å². The molecule has 4 aromatic rings. The highest BCUT2D eigenvalue weighted by molar-refractivity contribution is 7.92. The average molecular weight is 481 g/mol. The first-order valence-corrected chi connectivity index (χ1v) is 11.6. The summed E-state index contributed by atoms with van der Waals surface area (Å²) in [5.41, 5.74) is 2.23. The second-order valence-corrected chi connectivity index (χ2v) is 9.03. The lowest BCUT2D eigenvalue weighted by molar-refractivity contribution is 0.102. The minimum absolute atomic E-state index is 0.107. The van der Waals surface area contributed by atoms with E-state index in [4.69, 9.17) is 4.74 Å². The van der Waals surface area contributed by atoms with Crippen molar-refractivity contribution in [2.24, 2.45) is 0 Å². The Morgan fingerprint density at radius 1 is 1.00 bits per heavy atom. The van der Waals surface area contributed by atoms with Crippen molar-refractivity contribution in [2.75, 3.05) is 17.1 Å². The summed E-state index contributed by atoms with van der Waals surface area (Å²) < 4.78 is 47.9. The minimum atomic E-state index is -4.02. The number of aromatic nitrogens is 2. The summed E-state index contributed by atoms with van der Waals surface area (Å²) in [6.07, 6.45) is 0. The van der Waals surface area contributed by atoms with E-state index in [9.17, 15) is 17.6 Å². The molecule has 1 heterocycles. The largest absolute Gasteiger partial charge is 0.495 e. The van der Waals surface area contributed by atoms with Gasteiger partial charge in [0, 0.05) is 11.4 Å². The third kappa shape index (κ3) is 4.91. The molecule has 0 unspecified atom stereocenters. The van der Waals surface area contributed by atoms with Crippen LogP contribution in [0.1, 0.15) is 16.2 Å². The highest BCUT2D eigenvalue weighted by Gasteiger charge is 2.19. The molecule has 0 fully saturated rings. The lowest BCUT2D eigenvalue weighted by Crippen LogP contribution is -2.15. The Kier molecular flexibility index (Phi) is 6.33. The first kappa shape index (κ1) is 23.0. The lowest BCUT2D eigenvalue weighted by atomic mass is 10.2. The Bertz CT molecular complexity index is 1440. The van der Waals surface area contributed by atoms with Gasteiger partial charge < -0.3 is 10.1 Å². The van der Waals surface area contributed by atoms with Gasteiger partial charge in [-0.1, -0.05) is 18.2 Å². The predicted molar refractivity (Wildman–Crippen MR) is 126 cm³/mol. The normalized spacial score (nSPS) is 11.1. The van der Waals surface area contributed by atoms with Gasteiger partial charge in [-0.25, -0.2) is 17.5 Å². The number of aryl methyl sites for hydroxylation is 1. The van der Waals surface area contributed by atoms with E-state index in [0.717, 1.165) is 35.6 Å². The summed E-state index contributed by atoms with van der Waals surface area (Å²) in [6.45, 7) is 1.84. The first-order valence-electron chi connectivity index (χ1n) is 10.2. The number of sulfonamides is 1. The van der Waals surface area contributed by atoms with Crippen LogP contribution in [0.2, 0.25) is 0 Å². The third-order valence-electron chi connectivity index (χ3n) is 4.95. The number of benzene rings is 3. The number of nitrogens with zero attached hydrogens (tertiary/aromatic N) is 2. The van der Waals surface area contributed by atoms with Crippen molar-refractivity contribution in [3.63, 3.8) is 0 Å². The summed E-state index contributed by atoms with van der Waals surface area (Å²) in [4.78, 5) is 12.7. The lowest BCUT2D eigenvalue weighted by Gasteiger charge is -2.14. The van der Waals surface area contributed by atoms with E-state index in [1.165, 1.54) is 19.2 Å². The molecule has 0 saturated heterocycles. The molecule has 1 amide bonds. The molecule has 0 aliphatic heterocycles. The molecule has 34 heavy (non-hydrogen) atoms. The number of para-hydroxylation sites is 1. The van der Waals surface area contributed by atoms with Crippen LogP contribution in [0.4, 0.5) is 15.8 Å². The molecule has 0 atom stereocenters. The van der Waals surface area contributed by atoms with Gasteiger partial charge in [-0.05, 0) is 67.6 Å². The molecular formula is C24H21FN4O4S. The topological polar surface area (TPSA) is 102 Å². The van der Waals surface area contributed by atoms with Crippen molar-refractivity contribution in [1.29, 1.82) is 0 Å². The van der Waals surface area contributed by atoms with Crippen LogP contribution in [0.5, 0.6) is 5.75 Å². The van der Waals surface area contributed by atoms with Crippen LogP contribution in [0.25, 0.3) is 5.69 Å². The summed E-state index contributed by atoms with van der Waals surface area (Å²) >= 11 is 0. The predicted octanol–water partition coefficient (Wildman–Crippen LogP) is 4.38. The van der Waals surface area contributed by atoms with Gasteiger partial charge in [0.2, 0.25) is 0 Å². The number of carbonyl (C=O) groups excluding carboxylic acids is 1. The number of hydrogen-bond donors (Lipinski definition) is 2. The fourth-order valence-electron chi connectivity index (χ4n) is 3.29. The Balaban J connectivity index is 1.57. The minimum Gasteiger partial charge on any atom is -0.495 e. The second-order valence-electron chi connectivity index (χ2n) is 7.35. The van der Waals surface area contributed by atoms with Gasteiger partial charge >= 0.3 is 0 Å². The van der Waals surface area contributed by atoms with Crippen molar-refractivity contribution in [1.82, 2.24) is 9.78 Å². The molecule has 0 spiro atoms. The summed E-state index contributed by atoms with van der Waals surface area (Å²) in [5.74, 6) is -0.769. The number of methoxy groups -OCH3 is 1. The number of rotatable bonds is 7. The maximum absolute atomic E-state index is 13.2. The SMILES string of the molecule is COc1ccc(NC(=O)c2cc(C)n(-c3ccccc3)n2)cc1NS(=O)(=O)c1ccc(F)cc1. The zero-order valence-corrected chi connectivity index (χ0v) is 19.1. The van der Waals surface area contributed by atoms with Gasteiger partial charge in [0.05, 0.1) is 23.4 Å². The number of ether oxygens (including phenoxy) is 1. The zero-order valence-electron chi connectivity index (χ0n) is 18.3. The van der Waals surface area contributed by atoms with E-state index in [2.05, 4.69) is 15.1 Å². The van der Waals surface area contributed by atoms with Crippen molar-refractivity contribution in [3.05, 3.63) is 96.1 Å². The van der Waals surface area contributed by atoms with Crippen LogP contribution in [-0.4, -0.2) is 31.2 Å². The highest BCUT2D eigenvalue weighted by atomic mass is 32.2. The van der Waals surface area contributed by atoms with Crippen LogP contribution in [0.15, 0.2) is 83.8 Å². The molecule has 0 saturated carbocycles. The van der Waals surface area contributed by atoms with Crippen molar-refractivity contribution in [3.8, 4) is 11.4 Å². The molecule has 1 aromatic heterocycles. The number of halogens is 1. The standard InChI is InChI=1S/C24H21FN4O4S/c1-16-14-22(27-29(16)19-6-4-3-5-7-19)24(30)26-18-10-13-23(33-2)21(15-18)28-34(31,32)20-11-8-17(25)9-12-20/h3-15,28H,1-2H3,(H,26,30). The second kappa shape index (κ2) is 9.36. The first-order chi connectivity index (χ1) is 16.3. The summed E-state index contributed by atoms with van der Waals surface area (Å²) in [7, 11) is -2.63. The van der Waals surface area contributed by atoms with Gasteiger partial charge in [0.1, 0.15) is 11.6 Å². The van der Waals surface area contributed by atoms with Crippen LogP contribution in [0, 0.1) is 12.7 Å². The van der Waals surface area contributed by atoms with Crippen LogP contribution in [0.3, 0.4) is 0 Å². The number of hydrogen-bond acceptors (Lipinski definition) is 5. The molecule has 8 nitrogen and oxygen atoms in total. The molecule has 0 aliphatic carbocycles. The molecule has 4 rings (SSSR count). The van der Waals surface area contributed by atoms with Crippen LogP contribution in [-0.2, 0) is 10.0 Å². The fraction of sp³-hybridized carbons (Fsp3) is 0.0833. The Morgan fingerprint density at radius 2 is 1.71 bits per heavy atom. The summed E-state index contributed by atoms with van der Waals surface area (Å²) in [5, 5.41) is 7.10. The molecular weight excluding hydrogens is 459 g/mol. The third-order valence-corrected chi connectivity index (χ3v) is 6.33. The van der Waals surface area contributed by atoms with E-state index in [0.29, 0.717) is 5.69 Å². The summed E-state index contributed by atoms with van der Waals surface area (Å²) in [6, 6.07) is 20.0. The van der Waals surface area contributed by atoms with E-state index < -0.39 is 21.7 Å². The smallest absolute Gasteiger partial charge is 0.276 e. The average Bonchev–Trinajstić information content (AvgIpc) is 3.22. The van der Waals surface area contributed by atoms with E-state index in [1.54, 1.807) is 16.8 Å². The molecule has 2 N–H and O–H groups in total. The van der Waals surface area contributed by atoms with Crippen LogP contribution >= 0.6 is 0 Å². The van der Waals surface area contributed by atoms with E-state index >= 15 is 0 Å². The zero-order chi connectivity index (χ0) is 24.3. The quantitative estimate of drug-likeness (QED) is 0.409. The van der Waals surface area contributed by atoms with Gasteiger partial charge in [-0.2, -0.15) is 5.10 Å². The van der Waals surface area contributed by atoms with Crippen molar-refractivity contribution < 1.29 is 22.3 Å².